The van der Waals surface area contributed by atoms with Gasteiger partial charge in [0.2, 0.25) is 0 Å². The Balaban J connectivity index is 5.25. The van der Waals surface area contributed by atoms with E-state index in [9.17, 15) is 52.7 Å². The van der Waals surface area contributed by atoms with Gasteiger partial charge in [0.05, 0.1) is 38.9 Å². The number of halogens is 12. The summed E-state index contributed by atoms with van der Waals surface area (Å²) in [5.74, 6) is 0. The van der Waals surface area contributed by atoms with Crippen molar-refractivity contribution in [3.63, 3.8) is 0 Å². The van der Waals surface area contributed by atoms with Crippen molar-refractivity contribution < 1.29 is 57.4 Å². The minimum atomic E-state index is -5.04. The van der Waals surface area contributed by atoms with Crippen LogP contribution < -0.4 is 0 Å². The van der Waals surface area contributed by atoms with Gasteiger partial charge in [-0.1, -0.05) is 13.8 Å². The third-order valence-corrected chi connectivity index (χ3v) is 3.41. The predicted octanol–water partition coefficient (Wildman–Crippen LogP) is 6.83. The fourth-order valence-electron chi connectivity index (χ4n) is 2.81. The molecule has 0 bridgehead atoms. The summed E-state index contributed by atoms with van der Waals surface area (Å²) in [7, 11) is 0. The van der Waals surface area contributed by atoms with Crippen molar-refractivity contribution >= 4 is 0 Å². The first-order chi connectivity index (χ1) is 11.5. The topological polar surface area (TPSA) is 9.23 Å². The van der Waals surface area contributed by atoms with Gasteiger partial charge in [-0.3, -0.25) is 0 Å². The van der Waals surface area contributed by atoms with Gasteiger partial charge in [0.1, 0.15) is 0 Å². The molecule has 0 aliphatic carbocycles. The Morgan fingerprint density at radius 1 is 0.444 bits per heavy atom. The van der Waals surface area contributed by atoms with E-state index < -0.39 is 74.4 Å². The van der Waals surface area contributed by atoms with Crippen molar-refractivity contribution in [2.75, 3.05) is 13.2 Å². The molecule has 0 radical (unpaired) electrons. The molecule has 0 aromatic heterocycles. The van der Waals surface area contributed by atoms with Gasteiger partial charge in [0.15, 0.2) is 0 Å². The summed E-state index contributed by atoms with van der Waals surface area (Å²) in [4.78, 5) is 0. The van der Waals surface area contributed by atoms with Crippen LogP contribution in [0.25, 0.3) is 0 Å². The van der Waals surface area contributed by atoms with Crippen LogP contribution in [0.5, 0.6) is 0 Å². The summed E-state index contributed by atoms with van der Waals surface area (Å²) >= 11 is 0. The lowest BCUT2D eigenvalue weighted by Crippen LogP contribution is -2.38. The van der Waals surface area contributed by atoms with Crippen LogP contribution in [0.2, 0.25) is 0 Å². The van der Waals surface area contributed by atoms with Gasteiger partial charge < -0.3 is 4.74 Å². The second-order valence-electron chi connectivity index (χ2n) is 7.28. The lowest BCUT2D eigenvalue weighted by Gasteiger charge is -2.35. The van der Waals surface area contributed by atoms with Gasteiger partial charge >= 0.3 is 24.7 Å². The summed E-state index contributed by atoms with van der Waals surface area (Å²) in [5, 5.41) is 0. The highest BCUT2D eigenvalue weighted by molar-refractivity contribution is 4.84. The zero-order valence-electron chi connectivity index (χ0n) is 14.2. The summed E-state index contributed by atoms with van der Waals surface area (Å²) in [5.41, 5.74) is -5.18. The Hall–Kier alpha value is -0.880. The molecule has 0 aliphatic rings. The van der Waals surface area contributed by atoms with Crippen molar-refractivity contribution in [3.05, 3.63) is 0 Å². The molecule has 1 nitrogen and oxygen atoms in total. The number of ether oxygens (including phenoxy) is 1. The van der Waals surface area contributed by atoms with Crippen molar-refractivity contribution in [2.24, 2.45) is 10.8 Å². The van der Waals surface area contributed by atoms with Crippen LogP contribution in [0.4, 0.5) is 52.7 Å². The highest BCUT2D eigenvalue weighted by atomic mass is 19.4. The first kappa shape index (κ1) is 26.1. The highest BCUT2D eigenvalue weighted by Crippen LogP contribution is 2.44. The largest absolute Gasteiger partial charge is 0.389 e. The van der Waals surface area contributed by atoms with E-state index in [1.807, 2.05) is 0 Å². The third-order valence-electron chi connectivity index (χ3n) is 3.41. The molecule has 0 aliphatic heterocycles. The molecule has 0 N–H and O–H groups in total. The van der Waals surface area contributed by atoms with Crippen molar-refractivity contribution in [3.8, 4) is 0 Å². The van der Waals surface area contributed by atoms with E-state index in [1.54, 1.807) is 0 Å². The van der Waals surface area contributed by atoms with Crippen LogP contribution in [0, 0.1) is 10.8 Å². The first-order valence-corrected chi connectivity index (χ1v) is 7.38. The molecule has 0 saturated heterocycles. The SMILES string of the molecule is CC(COCC(C)(CC(F)(F)F)CC(F)(F)F)(CC(F)(F)F)CC(F)(F)F. The van der Waals surface area contributed by atoms with E-state index in [0.29, 0.717) is 13.8 Å². The number of hydrogen-bond acceptors (Lipinski definition) is 1. The summed E-state index contributed by atoms with van der Waals surface area (Å²) < 4.78 is 155. The zero-order chi connectivity index (χ0) is 21.9. The van der Waals surface area contributed by atoms with Gasteiger partial charge in [-0.25, -0.2) is 0 Å². The minimum absolute atomic E-state index is 0.554. The van der Waals surface area contributed by atoms with Crippen molar-refractivity contribution in [1.82, 2.24) is 0 Å². The molecule has 0 aromatic carbocycles. The van der Waals surface area contributed by atoms with E-state index in [4.69, 9.17) is 0 Å². The normalized spacial score (nSPS) is 15.3. The van der Waals surface area contributed by atoms with E-state index in [2.05, 4.69) is 4.74 Å². The maximum absolute atomic E-state index is 12.5. The molecule has 13 heteroatoms. The molecular weight excluding hydrogens is 412 g/mol. The Labute approximate surface area is 147 Å². The van der Waals surface area contributed by atoms with E-state index in [-0.39, 0.29) is 0 Å². The Morgan fingerprint density at radius 2 is 0.630 bits per heavy atom. The second-order valence-corrected chi connectivity index (χ2v) is 7.28. The molecule has 0 spiro atoms. The molecule has 0 amide bonds. The van der Waals surface area contributed by atoms with E-state index in [0.717, 1.165) is 0 Å². The molecule has 0 saturated carbocycles. The lowest BCUT2D eigenvalue weighted by atomic mass is 9.82. The van der Waals surface area contributed by atoms with Gasteiger partial charge in [0, 0.05) is 10.8 Å². The molecular formula is C14H18F12O. The fourth-order valence-corrected chi connectivity index (χ4v) is 2.81. The Bertz CT molecular complexity index is 383. The zero-order valence-corrected chi connectivity index (χ0v) is 14.2. The quantitative estimate of drug-likeness (QED) is 0.384. The fraction of sp³-hybridized carbons (Fsp3) is 1.00. The molecule has 27 heavy (non-hydrogen) atoms. The number of alkyl halides is 12. The van der Waals surface area contributed by atoms with Crippen LogP contribution in [0.15, 0.2) is 0 Å². The average Bonchev–Trinajstić information content (AvgIpc) is 2.14. The molecule has 0 unspecified atom stereocenters. The standard InChI is InChI=1S/C14H18F12O/c1-9(3-11(15,16)17,4-12(18,19)20)7-27-8-10(2,5-13(21,22)23)6-14(24,25)26/h3-8H2,1-2H3. The van der Waals surface area contributed by atoms with Crippen LogP contribution >= 0.6 is 0 Å². The summed E-state index contributed by atoms with van der Waals surface area (Å²) in [6.07, 6.45) is -28.0. The van der Waals surface area contributed by atoms with E-state index in [1.165, 1.54) is 0 Å². The average molecular weight is 430 g/mol. The predicted molar refractivity (Wildman–Crippen MR) is 69.7 cm³/mol. The third kappa shape index (κ3) is 13.9. The van der Waals surface area contributed by atoms with Crippen LogP contribution in [0.3, 0.4) is 0 Å². The number of hydrogen-bond donors (Lipinski definition) is 0. The molecule has 0 heterocycles. The van der Waals surface area contributed by atoms with E-state index >= 15 is 0 Å². The Kier molecular flexibility index (Phi) is 7.97. The van der Waals surface area contributed by atoms with Crippen LogP contribution in [-0.2, 0) is 4.74 Å². The molecule has 0 atom stereocenters. The minimum Gasteiger partial charge on any atom is -0.380 e. The van der Waals surface area contributed by atoms with Crippen LogP contribution in [0.1, 0.15) is 39.5 Å². The van der Waals surface area contributed by atoms with Crippen molar-refractivity contribution in [1.29, 1.82) is 0 Å². The summed E-state index contributed by atoms with van der Waals surface area (Å²) in [6.45, 7) is -1.51. The van der Waals surface area contributed by atoms with Gasteiger partial charge in [-0.15, -0.1) is 0 Å². The smallest absolute Gasteiger partial charge is 0.380 e. The second kappa shape index (κ2) is 8.24. The first-order valence-electron chi connectivity index (χ1n) is 7.38. The molecule has 0 rings (SSSR count). The highest BCUT2D eigenvalue weighted by Gasteiger charge is 2.49. The van der Waals surface area contributed by atoms with Crippen LogP contribution in [-0.4, -0.2) is 37.9 Å². The molecule has 164 valence electrons. The Morgan fingerprint density at radius 3 is 0.778 bits per heavy atom. The van der Waals surface area contributed by atoms with Gasteiger partial charge in [0.25, 0.3) is 0 Å². The number of rotatable bonds is 8. The monoisotopic (exact) mass is 430 g/mol. The lowest BCUT2D eigenvalue weighted by molar-refractivity contribution is -0.213. The van der Waals surface area contributed by atoms with Gasteiger partial charge in [-0.2, -0.15) is 52.7 Å². The molecule has 0 fully saturated rings. The molecule has 0 aromatic rings. The van der Waals surface area contributed by atoms with Crippen molar-refractivity contribution in [2.45, 2.75) is 64.2 Å². The maximum Gasteiger partial charge on any atom is 0.389 e. The summed E-state index contributed by atoms with van der Waals surface area (Å²) in [6, 6.07) is 0. The maximum atomic E-state index is 12.5. The van der Waals surface area contributed by atoms with Gasteiger partial charge in [-0.05, 0) is 0 Å².